The quantitative estimate of drug-likeness (QED) is 0.349. The molecule has 10 heteroatoms. The molecule has 0 bridgehead atoms. The zero-order valence-corrected chi connectivity index (χ0v) is 20.8. The Morgan fingerprint density at radius 2 is 1.89 bits per heavy atom. The maximum Gasteiger partial charge on any atom is 0.286 e. The van der Waals surface area contributed by atoms with E-state index in [-0.39, 0.29) is 30.3 Å². The molecule has 10 nitrogen and oxygen atoms in total. The van der Waals surface area contributed by atoms with E-state index in [1.807, 2.05) is 6.92 Å². The molecule has 1 aliphatic heterocycles. The Kier molecular flexibility index (Phi) is 11.4. The van der Waals surface area contributed by atoms with Gasteiger partial charge in [0.15, 0.2) is 11.2 Å². The van der Waals surface area contributed by atoms with E-state index in [9.17, 15) is 9.59 Å². The van der Waals surface area contributed by atoms with Crippen LogP contribution in [0.1, 0.15) is 24.8 Å². The zero-order chi connectivity index (χ0) is 25.8. The van der Waals surface area contributed by atoms with Gasteiger partial charge in [-0.15, -0.1) is 0 Å². The van der Waals surface area contributed by atoms with Gasteiger partial charge in [0.1, 0.15) is 5.58 Å². The topological polar surface area (TPSA) is 126 Å². The first-order chi connectivity index (χ1) is 17.6. The maximum absolute atomic E-state index is 13.4. The van der Waals surface area contributed by atoms with Crippen LogP contribution in [0.2, 0.25) is 0 Å². The van der Waals surface area contributed by atoms with Crippen molar-refractivity contribution in [3.63, 3.8) is 0 Å². The lowest BCUT2D eigenvalue weighted by Crippen LogP contribution is -2.40. The maximum atomic E-state index is 13.4. The summed E-state index contributed by atoms with van der Waals surface area (Å²) in [6, 6.07) is 7.04. The molecule has 0 radical (unpaired) electrons. The lowest BCUT2D eigenvalue weighted by Gasteiger charge is -2.36. The number of aliphatic hydroxyl groups is 1. The molecular formula is C26H35NO9. The molecule has 1 aromatic heterocycles. The first-order valence-electron chi connectivity index (χ1n) is 12.1. The number of carbonyl (C=O) groups is 1. The molecule has 0 saturated heterocycles. The van der Waals surface area contributed by atoms with Crippen LogP contribution in [0.25, 0.3) is 11.0 Å². The number of amides is 1. The van der Waals surface area contributed by atoms with Crippen molar-refractivity contribution in [1.29, 1.82) is 0 Å². The summed E-state index contributed by atoms with van der Waals surface area (Å²) in [6.07, 6.45) is 2.84. The van der Waals surface area contributed by atoms with Gasteiger partial charge in [0.2, 0.25) is 6.29 Å². The molecular weight excluding hydrogens is 470 g/mol. The first kappa shape index (κ1) is 27.8. The van der Waals surface area contributed by atoms with Crippen molar-refractivity contribution in [3.8, 4) is 0 Å². The molecule has 198 valence electrons. The fraction of sp³-hybridized carbons (Fsp3) is 0.538. The summed E-state index contributed by atoms with van der Waals surface area (Å²) in [6.45, 7) is 4.16. The third-order valence-corrected chi connectivity index (χ3v) is 5.80. The first-order valence-corrected chi connectivity index (χ1v) is 12.1. The summed E-state index contributed by atoms with van der Waals surface area (Å²) in [5.74, 6) is -1.16. The summed E-state index contributed by atoms with van der Waals surface area (Å²) < 4.78 is 33.6. The van der Waals surface area contributed by atoms with Crippen molar-refractivity contribution in [1.82, 2.24) is 5.32 Å². The van der Waals surface area contributed by atoms with Crippen LogP contribution in [0.15, 0.2) is 51.6 Å². The van der Waals surface area contributed by atoms with Crippen LogP contribution in [0, 0.1) is 5.92 Å². The molecule has 1 aliphatic rings. The van der Waals surface area contributed by atoms with Crippen LogP contribution >= 0.6 is 0 Å². The smallest absolute Gasteiger partial charge is 0.286 e. The predicted molar refractivity (Wildman–Crippen MR) is 132 cm³/mol. The van der Waals surface area contributed by atoms with Crippen LogP contribution in [0.4, 0.5) is 0 Å². The number of methoxy groups -OCH3 is 1. The second kappa shape index (κ2) is 14.7. The van der Waals surface area contributed by atoms with Gasteiger partial charge >= 0.3 is 0 Å². The SMILES string of the molecule is CCO[C@@H]1OC(C(=O)NCCOC)=C[C@H](c2coc3ccccc3c2=O)[C@@H]1CCOCCOCCO. The average molecular weight is 506 g/mol. The predicted octanol–water partition coefficient (Wildman–Crippen LogP) is 1.95. The van der Waals surface area contributed by atoms with Crippen molar-refractivity contribution >= 4 is 16.9 Å². The Bertz CT molecular complexity index is 1050. The summed E-state index contributed by atoms with van der Waals surface area (Å²) in [5.41, 5.74) is 0.738. The van der Waals surface area contributed by atoms with Crippen LogP contribution < -0.4 is 10.7 Å². The third-order valence-electron chi connectivity index (χ3n) is 5.80. The minimum absolute atomic E-state index is 0.0425. The van der Waals surface area contributed by atoms with Gasteiger partial charge in [0.25, 0.3) is 5.91 Å². The van der Waals surface area contributed by atoms with Gasteiger partial charge in [-0.3, -0.25) is 9.59 Å². The fourth-order valence-corrected chi connectivity index (χ4v) is 4.08. The Labute approximate surface area is 210 Å². The van der Waals surface area contributed by atoms with Gasteiger partial charge in [0.05, 0.1) is 44.7 Å². The number of hydrogen-bond donors (Lipinski definition) is 2. The lowest BCUT2D eigenvalue weighted by atomic mass is 9.81. The second-order valence-corrected chi connectivity index (χ2v) is 8.16. The van der Waals surface area contributed by atoms with Crippen molar-refractivity contribution in [3.05, 3.63) is 58.2 Å². The minimum atomic E-state index is -0.770. The number of allylic oxidation sites excluding steroid dienone is 1. The number of carbonyl (C=O) groups excluding carboxylic acids is 1. The molecule has 36 heavy (non-hydrogen) atoms. The van der Waals surface area contributed by atoms with Crippen LogP contribution in [0.3, 0.4) is 0 Å². The van der Waals surface area contributed by atoms with E-state index in [0.29, 0.717) is 62.5 Å². The molecule has 2 aromatic rings. The van der Waals surface area contributed by atoms with E-state index in [0.717, 1.165) is 0 Å². The second-order valence-electron chi connectivity index (χ2n) is 8.16. The fourth-order valence-electron chi connectivity index (χ4n) is 4.08. The van der Waals surface area contributed by atoms with E-state index in [1.54, 1.807) is 37.5 Å². The summed E-state index contributed by atoms with van der Waals surface area (Å²) in [7, 11) is 1.55. The third kappa shape index (κ3) is 7.37. The molecule has 0 spiro atoms. The van der Waals surface area contributed by atoms with Crippen LogP contribution in [-0.2, 0) is 28.5 Å². The van der Waals surface area contributed by atoms with Crippen molar-refractivity contribution in [2.75, 3.05) is 59.9 Å². The van der Waals surface area contributed by atoms with Crippen molar-refractivity contribution in [2.24, 2.45) is 5.92 Å². The van der Waals surface area contributed by atoms with E-state index in [4.69, 9.17) is 33.2 Å². The molecule has 1 aromatic carbocycles. The summed E-state index contributed by atoms with van der Waals surface area (Å²) in [4.78, 5) is 26.3. The zero-order valence-electron chi connectivity index (χ0n) is 20.8. The highest BCUT2D eigenvalue weighted by Gasteiger charge is 2.39. The largest absolute Gasteiger partial charge is 0.464 e. The minimum Gasteiger partial charge on any atom is -0.464 e. The molecule has 0 saturated carbocycles. The van der Waals surface area contributed by atoms with E-state index in [2.05, 4.69) is 5.32 Å². The standard InChI is InChI=1S/C26H35NO9/c1-3-34-26-18(8-11-32-14-15-33-13-10-28)20(16-23(36-26)25(30)27-9-12-31-2)21-17-35-22-7-5-4-6-19(22)24(21)29/h4-7,16-18,20,26,28H,3,8-15H2,1-2H3,(H,27,30)/t18-,20-,26+/m0/s1. The van der Waals surface area contributed by atoms with Crippen molar-refractivity contribution in [2.45, 2.75) is 25.6 Å². The summed E-state index contributed by atoms with van der Waals surface area (Å²) >= 11 is 0. The number of fused-ring (bicyclic) bond motifs is 1. The Balaban J connectivity index is 1.89. The van der Waals surface area contributed by atoms with Gasteiger partial charge in [-0.1, -0.05) is 12.1 Å². The van der Waals surface area contributed by atoms with E-state index >= 15 is 0 Å². The average Bonchev–Trinajstić information content (AvgIpc) is 2.89. The molecule has 2 heterocycles. The number of aliphatic hydroxyl groups excluding tert-OH is 1. The molecule has 2 N–H and O–H groups in total. The van der Waals surface area contributed by atoms with Gasteiger partial charge < -0.3 is 38.5 Å². The molecule has 1 amide bonds. The van der Waals surface area contributed by atoms with Crippen molar-refractivity contribution < 1.29 is 38.0 Å². The van der Waals surface area contributed by atoms with E-state index in [1.165, 1.54) is 6.26 Å². The summed E-state index contributed by atoms with van der Waals surface area (Å²) in [5, 5.41) is 12.0. The molecule has 3 rings (SSSR count). The highest BCUT2D eigenvalue weighted by Crippen LogP contribution is 2.38. The highest BCUT2D eigenvalue weighted by molar-refractivity contribution is 5.91. The van der Waals surface area contributed by atoms with Gasteiger partial charge in [0, 0.05) is 44.3 Å². The Morgan fingerprint density at radius 1 is 1.11 bits per heavy atom. The number of hydrogen-bond acceptors (Lipinski definition) is 9. The number of rotatable bonds is 15. The number of para-hydroxylation sites is 1. The monoisotopic (exact) mass is 505 g/mol. The van der Waals surface area contributed by atoms with Crippen LogP contribution in [-0.4, -0.2) is 77.2 Å². The lowest BCUT2D eigenvalue weighted by molar-refractivity contribution is -0.168. The normalized spacial score (nSPS) is 19.6. The molecule has 3 atom stereocenters. The number of ether oxygens (including phenoxy) is 5. The Hall–Kier alpha value is -2.76. The van der Waals surface area contributed by atoms with Crippen LogP contribution in [0.5, 0.6) is 0 Å². The van der Waals surface area contributed by atoms with Gasteiger partial charge in [-0.2, -0.15) is 0 Å². The highest BCUT2D eigenvalue weighted by atomic mass is 16.7. The van der Waals surface area contributed by atoms with E-state index < -0.39 is 18.1 Å². The van der Waals surface area contributed by atoms with Gasteiger partial charge in [-0.05, 0) is 31.6 Å². The molecule has 0 aliphatic carbocycles. The molecule has 0 unspecified atom stereocenters. The number of nitrogens with one attached hydrogen (secondary N) is 1. The van der Waals surface area contributed by atoms with Gasteiger partial charge in [-0.25, -0.2) is 0 Å². The Morgan fingerprint density at radius 3 is 2.64 bits per heavy atom. The molecule has 0 fully saturated rings. The number of benzene rings is 1.